The number of nitrogens with zero attached hydrogens (tertiary/aromatic N) is 2. The van der Waals surface area contributed by atoms with Crippen LogP contribution in [0.15, 0.2) is 17.1 Å². The van der Waals surface area contributed by atoms with Gasteiger partial charge < -0.3 is 4.90 Å². The van der Waals surface area contributed by atoms with Gasteiger partial charge in [0.1, 0.15) is 11.6 Å². The van der Waals surface area contributed by atoms with Gasteiger partial charge in [-0.05, 0) is 25.5 Å². The van der Waals surface area contributed by atoms with Crippen LogP contribution >= 0.6 is 0 Å². The van der Waals surface area contributed by atoms with Crippen LogP contribution in [0.5, 0.6) is 0 Å². The van der Waals surface area contributed by atoms with Crippen molar-refractivity contribution >= 4 is 23.2 Å². The molecular formula is C16H17F2N3O2. The number of amides is 2. The van der Waals surface area contributed by atoms with Gasteiger partial charge >= 0.3 is 0 Å². The number of nitrogens with one attached hydrogen (secondary N) is 1. The number of imide groups is 1. The first-order valence-corrected chi connectivity index (χ1v) is 7.53. The van der Waals surface area contributed by atoms with Crippen molar-refractivity contribution in [1.82, 2.24) is 5.32 Å². The molecule has 1 saturated heterocycles. The largest absolute Gasteiger partial charge is 0.364 e. The monoisotopic (exact) mass is 321 g/mol. The Balaban J connectivity index is 1.90. The summed E-state index contributed by atoms with van der Waals surface area (Å²) in [7, 11) is 0. The Bertz CT molecular complexity index is 680. The summed E-state index contributed by atoms with van der Waals surface area (Å²) in [6, 6.07) is 2.50. The standard InChI is InChI=1S/C16H17F2N3O2/c1-9-8-21(5-4-19-9)10-6-12(17)15(13(18)7-10)11-2-3-14(22)20-16(11)23/h6-7,11H,2-5,8H2,1H3,(H,20,22,23). The van der Waals surface area contributed by atoms with Gasteiger partial charge in [-0.2, -0.15) is 0 Å². The van der Waals surface area contributed by atoms with Crippen LogP contribution in [0.1, 0.15) is 31.2 Å². The zero-order valence-electron chi connectivity index (χ0n) is 12.7. The second-order valence-electron chi connectivity index (χ2n) is 5.87. The van der Waals surface area contributed by atoms with Crippen molar-refractivity contribution in [2.75, 3.05) is 24.5 Å². The Morgan fingerprint density at radius 3 is 2.57 bits per heavy atom. The smallest absolute Gasteiger partial charge is 0.234 e. The average molecular weight is 321 g/mol. The lowest BCUT2D eigenvalue weighted by atomic mass is 9.89. The first-order chi connectivity index (χ1) is 11.0. The van der Waals surface area contributed by atoms with Gasteiger partial charge in [-0.3, -0.25) is 19.9 Å². The van der Waals surface area contributed by atoms with Crippen molar-refractivity contribution in [3.8, 4) is 0 Å². The molecule has 7 heteroatoms. The van der Waals surface area contributed by atoms with E-state index in [1.54, 1.807) is 0 Å². The molecule has 1 N–H and O–H groups in total. The van der Waals surface area contributed by atoms with E-state index < -0.39 is 29.4 Å². The van der Waals surface area contributed by atoms with E-state index in [1.165, 1.54) is 12.1 Å². The Morgan fingerprint density at radius 2 is 1.96 bits per heavy atom. The first-order valence-electron chi connectivity index (χ1n) is 7.53. The molecule has 0 bridgehead atoms. The second-order valence-corrected chi connectivity index (χ2v) is 5.87. The number of rotatable bonds is 2. The minimum atomic E-state index is -0.966. The molecule has 1 aromatic rings. The van der Waals surface area contributed by atoms with Crippen molar-refractivity contribution < 1.29 is 18.4 Å². The highest BCUT2D eigenvalue weighted by Gasteiger charge is 2.32. The van der Waals surface area contributed by atoms with E-state index in [0.717, 1.165) is 5.71 Å². The van der Waals surface area contributed by atoms with Crippen molar-refractivity contribution in [3.63, 3.8) is 0 Å². The molecule has 3 rings (SSSR count). The lowest BCUT2D eigenvalue weighted by Gasteiger charge is -2.29. The fourth-order valence-electron chi connectivity index (χ4n) is 3.04. The van der Waals surface area contributed by atoms with E-state index in [-0.39, 0.29) is 18.4 Å². The molecule has 23 heavy (non-hydrogen) atoms. The third-order valence-electron chi connectivity index (χ3n) is 4.19. The number of halogens is 2. The molecule has 5 nitrogen and oxygen atoms in total. The van der Waals surface area contributed by atoms with Crippen LogP contribution in [-0.2, 0) is 9.59 Å². The predicted octanol–water partition coefficient (Wildman–Crippen LogP) is 1.77. The topological polar surface area (TPSA) is 61.8 Å². The van der Waals surface area contributed by atoms with Gasteiger partial charge in [0.15, 0.2) is 0 Å². The molecule has 2 aliphatic heterocycles. The van der Waals surface area contributed by atoms with Gasteiger partial charge in [-0.1, -0.05) is 0 Å². The van der Waals surface area contributed by atoms with Gasteiger partial charge in [0, 0.05) is 29.9 Å². The first kappa shape index (κ1) is 15.6. The SMILES string of the molecule is CC1=NCCN(c2cc(F)c(C3CCC(=O)NC3=O)c(F)c2)C1. The molecule has 1 unspecified atom stereocenters. The Morgan fingerprint density at radius 1 is 1.26 bits per heavy atom. The summed E-state index contributed by atoms with van der Waals surface area (Å²) >= 11 is 0. The summed E-state index contributed by atoms with van der Waals surface area (Å²) in [6.45, 7) is 3.57. The molecule has 1 fully saturated rings. The van der Waals surface area contributed by atoms with Crippen LogP contribution < -0.4 is 10.2 Å². The summed E-state index contributed by atoms with van der Waals surface area (Å²) in [5, 5.41) is 2.13. The molecule has 2 aliphatic rings. The van der Waals surface area contributed by atoms with Crippen molar-refractivity contribution in [2.45, 2.75) is 25.7 Å². The Labute approximate surface area is 132 Å². The van der Waals surface area contributed by atoms with Crippen molar-refractivity contribution in [1.29, 1.82) is 0 Å². The highest BCUT2D eigenvalue weighted by molar-refractivity contribution is 6.01. The fourth-order valence-corrected chi connectivity index (χ4v) is 3.04. The number of hydrogen-bond acceptors (Lipinski definition) is 4. The second kappa shape index (κ2) is 6.06. The zero-order valence-corrected chi connectivity index (χ0v) is 12.7. The summed E-state index contributed by atoms with van der Waals surface area (Å²) in [6.07, 6.45) is 0.201. The highest BCUT2D eigenvalue weighted by Crippen LogP contribution is 2.32. The molecule has 0 radical (unpaired) electrons. The fraction of sp³-hybridized carbons (Fsp3) is 0.438. The number of carbonyl (C=O) groups is 2. The molecular weight excluding hydrogens is 304 g/mol. The number of anilines is 1. The van der Waals surface area contributed by atoms with Crippen LogP contribution in [0.2, 0.25) is 0 Å². The maximum atomic E-state index is 14.5. The van der Waals surface area contributed by atoms with Crippen molar-refractivity contribution in [3.05, 3.63) is 29.3 Å². The van der Waals surface area contributed by atoms with Gasteiger partial charge in [0.2, 0.25) is 11.8 Å². The number of piperidine rings is 1. The average Bonchev–Trinajstić information content (AvgIpc) is 2.48. The van der Waals surface area contributed by atoms with E-state index in [1.807, 2.05) is 11.8 Å². The molecule has 0 spiro atoms. The third-order valence-corrected chi connectivity index (χ3v) is 4.19. The lowest BCUT2D eigenvalue weighted by molar-refractivity contribution is -0.134. The minimum Gasteiger partial charge on any atom is -0.364 e. The van der Waals surface area contributed by atoms with Crippen LogP contribution in [0.25, 0.3) is 0 Å². The predicted molar refractivity (Wildman–Crippen MR) is 81.7 cm³/mol. The molecule has 0 aromatic heterocycles. The summed E-state index contributed by atoms with van der Waals surface area (Å²) in [4.78, 5) is 29.1. The van der Waals surface area contributed by atoms with E-state index in [4.69, 9.17) is 0 Å². The maximum absolute atomic E-state index is 14.5. The molecule has 0 aliphatic carbocycles. The quantitative estimate of drug-likeness (QED) is 0.845. The van der Waals surface area contributed by atoms with E-state index in [9.17, 15) is 18.4 Å². The molecule has 2 amide bonds. The van der Waals surface area contributed by atoms with Crippen LogP contribution in [0.3, 0.4) is 0 Å². The zero-order chi connectivity index (χ0) is 16.6. The number of hydrogen-bond donors (Lipinski definition) is 1. The van der Waals surface area contributed by atoms with Crippen LogP contribution in [0.4, 0.5) is 14.5 Å². The van der Waals surface area contributed by atoms with E-state index in [0.29, 0.717) is 25.3 Å². The Hall–Kier alpha value is -2.31. The number of aliphatic imine (C=N–C) groups is 1. The van der Waals surface area contributed by atoms with Crippen LogP contribution in [0, 0.1) is 11.6 Å². The normalized spacial score (nSPS) is 22.0. The van der Waals surface area contributed by atoms with E-state index in [2.05, 4.69) is 10.3 Å². The third kappa shape index (κ3) is 3.09. The summed E-state index contributed by atoms with van der Waals surface area (Å²) < 4.78 is 28.9. The van der Waals surface area contributed by atoms with E-state index >= 15 is 0 Å². The van der Waals surface area contributed by atoms with Crippen molar-refractivity contribution in [2.24, 2.45) is 4.99 Å². The van der Waals surface area contributed by atoms with Gasteiger partial charge in [0.05, 0.1) is 19.0 Å². The number of benzene rings is 1. The Kier molecular flexibility index (Phi) is 4.11. The molecule has 1 aromatic carbocycles. The molecule has 0 saturated carbocycles. The molecule has 1 atom stereocenters. The van der Waals surface area contributed by atoms with Crippen LogP contribution in [-0.4, -0.2) is 37.2 Å². The highest BCUT2D eigenvalue weighted by atomic mass is 19.1. The van der Waals surface area contributed by atoms with Gasteiger partial charge in [0.25, 0.3) is 0 Å². The number of carbonyl (C=O) groups excluding carboxylic acids is 2. The van der Waals surface area contributed by atoms with Gasteiger partial charge in [-0.15, -0.1) is 0 Å². The minimum absolute atomic E-state index is 0.0822. The van der Waals surface area contributed by atoms with Gasteiger partial charge in [-0.25, -0.2) is 8.78 Å². The maximum Gasteiger partial charge on any atom is 0.234 e. The molecule has 122 valence electrons. The summed E-state index contributed by atoms with van der Waals surface area (Å²) in [5.74, 6) is -3.53. The summed E-state index contributed by atoms with van der Waals surface area (Å²) in [5.41, 5.74) is 1.08. The molecule has 2 heterocycles. The lowest BCUT2D eigenvalue weighted by Crippen LogP contribution is -2.40.